The number of carbonyl (C=O) groups is 1. The molecule has 6 rings (SSSR count). The van der Waals surface area contributed by atoms with Crippen LogP contribution >= 0.6 is 22.7 Å². The Morgan fingerprint density at radius 1 is 1.03 bits per heavy atom. The number of nitrogens with zero attached hydrogens (tertiary/aromatic N) is 1. The van der Waals surface area contributed by atoms with Crippen LogP contribution in [0.4, 0.5) is 0 Å². The van der Waals surface area contributed by atoms with Gasteiger partial charge in [0.25, 0.3) is 0 Å². The molecule has 0 unspecified atom stereocenters. The molecule has 1 N–H and O–H groups in total. The molecule has 1 aromatic carbocycles. The van der Waals surface area contributed by atoms with E-state index in [1.54, 1.807) is 19.2 Å². The van der Waals surface area contributed by atoms with E-state index in [0.717, 1.165) is 61.4 Å². The van der Waals surface area contributed by atoms with E-state index in [9.17, 15) is 9.90 Å². The second-order valence-corrected chi connectivity index (χ2v) is 11.4. The second-order valence-electron chi connectivity index (χ2n) is 9.52. The Bertz CT molecular complexity index is 1060. The van der Waals surface area contributed by atoms with Gasteiger partial charge in [0.2, 0.25) is 5.60 Å². The molecule has 5 heterocycles. The van der Waals surface area contributed by atoms with E-state index in [0.29, 0.717) is 22.3 Å². The highest BCUT2D eigenvalue weighted by atomic mass is 32.1. The van der Waals surface area contributed by atoms with Crippen LogP contribution in [0.25, 0.3) is 0 Å². The maximum Gasteiger partial charge on any atom is 0.349 e. The number of thiophene rings is 2. The molecule has 3 aliphatic rings. The average molecular weight is 515 g/mol. The van der Waals surface area contributed by atoms with Crippen LogP contribution in [0.5, 0.6) is 11.5 Å². The van der Waals surface area contributed by atoms with E-state index >= 15 is 0 Å². The molecule has 0 saturated carbocycles. The number of rotatable bonds is 10. The van der Waals surface area contributed by atoms with E-state index < -0.39 is 11.6 Å². The lowest BCUT2D eigenvalue weighted by Crippen LogP contribution is -2.65. The van der Waals surface area contributed by atoms with E-state index in [4.69, 9.17) is 14.2 Å². The van der Waals surface area contributed by atoms with Crippen molar-refractivity contribution < 1.29 is 28.6 Å². The van der Waals surface area contributed by atoms with Gasteiger partial charge >= 0.3 is 5.97 Å². The molecule has 0 amide bonds. The van der Waals surface area contributed by atoms with E-state index in [1.165, 1.54) is 22.7 Å². The zero-order chi connectivity index (χ0) is 24.3. The highest BCUT2D eigenvalue weighted by Gasteiger charge is 2.51. The van der Waals surface area contributed by atoms with Crippen LogP contribution in [0.2, 0.25) is 0 Å². The average Bonchev–Trinajstić information content (AvgIpc) is 3.63. The maximum atomic E-state index is 13.5. The number of piperidine rings is 3. The number of hydrogen-bond donors (Lipinski definition) is 1. The predicted octanol–water partition coefficient (Wildman–Crippen LogP) is 4.68. The highest BCUT2D eigenvalue weighted by molar-refractivity contribution is 7.12. The minimum absolute atomic E-state index is 0.168. The summed E-state index contributed by atoms with van der Waals surface area (Å²) in [6.45, 7) is 4.68. The van der Waals surface area contributed by atoms with Gasteiger partial charge in [0.05, 0.1) is 43.1 Å². The first kappa shape index (κ1) is 24.3. The van der Waals surface area contributed by atoms with Gasteiger partial charge in [-0.25, -0.2) is 4.79 Å². The Labute approximate surface area is 214 Å². The summed E-state index contributed by atoms with van der Waals surface area (Å²) in [4.78, 5) is 14.7. The summed E-state index contributed by atoms with van der Waals surface area (Å²) in [5, 5.41) is 15.4. The monoisotopic (exact) mass is 514 g/mol. The lowest BCUT2D eigenvalue weighted by atomic mass is 9.83. The molecule has 0 aliphatic carbocycles. The molecule has 0 spiro atoms. The SMILES string of the molecule is COc1ccc(OCCC[N+]23CCC(CC2)[C@@H](OC(=O)C(O)(c2cccs2)c2cccs2)C3)cc1. The molecule has 8 heteroatoms. The van der Waals surface area contributed by atoms with Crippen molar-refractivity contribution >= 4 is 28.6 Å². The minimum atomic E-state index is -1.74. The van der Waals surface area contributed by atoms with Crippen molar-refractivity contribution in [3.05, 3.63) is 69.0 Å². The second kappa shape index (κ2) is 10.3. The first-order valence-corrected chi connectivity index (χ1v) is 13.9. The van der Waals surface area contributed by atoms with Crippen LogP contribution in [-0.2, 0) is 15.1 Å². The van der Waals surface area contributed by atoms with Crippen LogP contribution in [-0.4, -0.2) is 61.6 Å². The van der Waals surface area contributed by atoms with Crippen molar-refractivity contribution in [2.24, 2.45) is 5.92 Å². The van der Waals surface area contributed by atoms with Crippen molar-refractivity contribution in [1.29, 1.82) is 0 Å². The third kappa shape index (κ3) is 4.98. The molecule has 2 bridgehead atoms. The fraction of sp³-hybridized carbons (Fsp3) is 0.444. The highest BCUT2D eigenvalue weighted by Crippen LogP contribution is 2.40. The Kier molecular flexibility index (Phi) is 7.16. The zero-order valence-corrected chi connectivity index (χ0v) is 21.6. The summed E-state index contributed by atoms with van der Waals surface area (Å²) < 4.78 is 18.2. The van der Waals surface area contributed by atoms with Gasteiger partial charge < -0.3 is 23.8 Å². The van der Waals surface area contributed by atoms with Crippen molar-refractivity contribution in [3.8, 4) is 11.5 Å². The number of hydrogen-bond acceptors (Lipinski definition) is 7. The topological polar surface area (TPSA) is 65.0 Å². The quantitative estimate of drug-likeness (QED) is 0.242. The molecule has 1 atom stereocenters. The van der Waals surface area contributed by atoms with Crippen LogP contribution in [0.15, 0.2) is 59.3 Å². The van der Waals surface area contributed by atoms with Gasteiger partial charge in [0.1, 0.15) is 18.0 Å². The number of carbonyl (C=O) groups excluding carboxylic acids is 1. The molecule has 2 aromatic heterocycles. The molecule has 3 aliphatic heterocycles. The molecule has 0 radical (unpaired) electrons. The van der Waals surface area contributed by atoms with Crippen molar-refractivity contribution in [1.82, 2.24) is 0 Å². The lowest BCUT2D eigenvalue weighted by Gasteiger charge is -2.52. The zero-order valence-electron chi connectivity index (χ0n) is 19.9. The Hall–Kier alpha value is -2.39. The maximum absolute atomic E-state index is 13.5. The predicted molar refractivity (Wildman–Crippen MR) is 137 cm³/mol. The van der Waals surface area contributed by atoms with E-state index in [-0.39, 0.29) is 6.10 Å². The summed E-state index contributed by atoms with van der Waals surface area (Å²) in [5.41, 5.74) is -1.74. The Morgan fingerprint density at radius 3 is 2.23 bits per heavy atom. The molecule has 3 saturated heterocycles. The summed E-state index contributed by atoms with van der Waals surface area (Å²) in [6.07, 6.45) is 2.87. The van der Waals surface area contributed by atoms with Crippen molar-refractivity contribution in [2.45, 2.75) is 31.0 Å². The van der Waals surface area contributed by atoms with Gasteiger partial charge in [-0.2, -0.15) is 0 Å². The largest absolute Gasteiger partial charge is 0.497 e. The summed E-state index contributed by atoms with van der Waals surface area (Å²) in [5.74, 6) is 1.47. The number of fused-ring (bicyclic) bond motifs is 3. The molecule has 186 valence electrons. The first-order chi connectivity index (χ1) is 17.0. The molecule has 6 nitrogen and oxygen atoms in total. The number of ether oxygens (including phenoxy) is 3. The molecule has 3 aromatic rings. The summed E-state index contributed by atoms with van der Waals surface area (Å²) in [7, 11) is 1.65. The van der Waals surface area contributed by atoms with Crippen LogP contribution in [0.1, 0.15) is 29.0 Å². The molecular formula is C27H32NO5S2+. The number of aliphatic hydroxyl groups is 1. The Morgan fingerprint density at radius 2 is 1.66 bits per heavy atom. The van der Waals surface area contributed by atoms with E-state index in [1.807, 2.05) is 47.2 Å². The standard InChI is InChI=1S/C27H32NO5S2/c1-31-21-7-9-22(10-8-21)32-16-4-13-28-14-11-20(12-15-28)23(19-28)33-26(29)27(30,24-5-2-17-34-24)25-6-3-18-35-25/h2-3,5-10,17-18,20,23,30H,4,11-16,19H2,1H3/q+1/t20?,23-,28?/m0/s1. The van der Waals surface area contributed by atoms with Crippen LogP contribution < -0.4 is 9.47 Å². The van der Waals surface area contributed by atoms with Gasteiger partial charge in [-0.1, -0.05) is 12.1 Å². The summed E-state index contributed by atoms with van der Waals surface area (Å²) in [6, 6.07) is 15.0. The van der Waals surface area contributed by atoms with Crippen LogP contribution in [0, 0.1) is 5.92 Å². The van der Waals surface area contributed by atoms with Crippen LogP contribution in [0.3, 0.4) is 0 Å². The molecule has 3 fully saturated rings. The van der Waals surface area contributed by atoms with Crippen molar-refractivity contribution in [3.63, 3.8) is 0 Å². The van der Waals surface area contributed by atoms with Gasteiger partial charge in [-0.15, -0.1) is 22.7 Å². The van der Waals surface area contributed by atoms with E-state index in [2.05, 4.69) is 0 Å². The lowest BCUT2D eigenvalue weighted by molar-refractivity contribution is -0.946. The third-order valence-electron chi connectivity index (χ3n) is 7.46. The normalized spacial score (nSPS) is 23.7. The smallest absolute Gasteiger partial charge is 0.349 e. The number of esters is 1. The fourth-order valence-electron chi connectivity index (χ4n) is 5.45. The van der Waals surface area contributed by atoms with Gasteiger partial charge in [-0.3, -0.25) is 0 Å². The Balaban J connectivity index is 1.21. The van der Waals surface area contributed by atoms with Gasteiger partial charge in [-0.05, 0) is 47.2 Å². The van der Waals surface area contributed by atoms with Gasteiger partial charge in [0.15, 0.2) is 6.10 Å². The molecular weight excluding hydrogens is 482 g/mol. The number of quaternary nitrogens is 1. The van der Waals surface area contributed by atoms with Gasteiger partial charge in [0, 0.05) is 25.2 Å². The fourth-order valence-corrected chi connectivity index (χ4v) is 7.16. The van der Waals surface area contributed by atoms with Crippen molar-refractivity contribution in [2.75, 3.05) is 39.9 Å². The summed E-state index contributed by atoms with van der Waals surface area (Å²) >= 11 is 2.76. The third-order valence-corrected chi connectivity index (χ3v) is 9.41. The molecule has 35 heavy (non-hydrogen) atoms. The minimum Gasteiger partial charge on any atom is -0.497 e. The number of methoxy groups -OCH3 is 1. The number of benzene rings is 1. The first-order valence-electron chi connectivity index (χ1n) is 12.2.